The van der Waals surface area contributed by atoms with Crippen LogP contribution in [0.1, 0.15) is 17.5 Å². The summed E-state index contributed by atoms with van der Waals surface area (Å²) >= 11 is 3.24. The number of benzene rings is 1. The van der Waals surface area contributed by atoms with Gasteiger partial charge in [-0.05, 0) is 17.7 Å². The molecule has 15 heavy (non-hydrogen) atoms. The first-order chi connectivity index (χ1) is 7.27. The molecule has 0 aliphatic carbocycles. The Balaban J connectivity index is 2.92. The number of halogens is 2. The summed E-state index contributed by atoms with van der Waals surface area (Å²) in [6.07, 6.45) is 0.968. The van der Waals surface area contributed by atoms with Crippen LogP contribution in [0.25, 0.3) is 0 Å². The third-order valence-electron chi connectivity index (χ3n) is 1.76. The topological polar surface area (TPSA) is 23.8 Å². The molecule has 1 rings (SSSR count). The van der Waals surface area contributed by atoms with Crippen LogP contribution < -0.4 is 0 Å². The maximum Gasteiger partial charge on any atom is 0.138 e. The van der Waals surface area contributed by atoms with Crippen molar-refractivity contribution in [3.63, 3.8) is 0 Å². The first kappa shape index (κ1) is 11.8. The maximum atomic E-state index is 13.2. The van der Waals surface area contributed by atoms with Crippen molar-refractivity contribution in [2.24, 2.45) is 0 Å². The molecule has 0 bridgehead atoms. The third kappa shape index (κ3) is 3.73. The summed E-state index contributed by atoms with van der Waals surface area (Å²) in [6, 6.07) is 6.60. The number of nitriles is 1. The molecule has 0 N–H and O–H groups in total. The Bertz CT molecular complexity index is 437. The smallest absolute Gasteiger partial charge is 0.138 e. The number of hydrogen-bond donors (Lipinski definition) is 0. The molecule has 1 nitrogen and oxygen atoms in total. The molecule has 0 aliphatic heterocycles. The van der Waals surface area contributed by atoms with Crippen molar-refractivity contribution in [3.05, 3.63) is 35.1 Å². The molecular weight excluding hydrogens is 257 g/mol. The molecule has 1 aromatic carbocycles. The van der Waals surface area contributed by atoms with E-state index in [4.69, 9.17) is 5.26 Å². The Morgan fingerprint density at radius 2 is 2.20 bits per heavy atom. The zero-order valence-corrected chi connectivity index (χ0v) is 9.64. The predicted molar refractivity (Wildman–Crippen MR) is 61.0 cm³/mol. The molecule has 76 valence electrons. The van der Waals surface area contributed by atoms with Crippen molar-refractivity contribution in [1.82, 2.24) is 0 Å². The molecule has 0 saturated carbocycles. The lowest BCUT2D eigenvalue weighted by Crippen LogP contribution is -1.88. The number of nitrogens with zero attached hydrogens (tertiary/aromatic N) is 1. The van der Waals surface area contributed by atoms with Gasteiger partial charge in [-0.15, -0.1) is 0 Å². The monoisotopic (exact) mass is 265 g/mol. The lowest BCUT2D eigenvalue weighted by Gasteiger charge is -1.97. The van der Waals surface area contributed by atoms with Crippen molar-refractivity contribution in [2.45, 2.75) is 12.8 Å². The van der Waals surface area contributed by atoms with E-state index >= 15 is 0 Å². The second-order valence-corrected chi connectivity index (χ2v) is 3.68. The van der Waals surface area contributed by atoms with Crippen LogP contribution in [-0.4, -0.2) is 5.33 Å². The van der Waals surface area contributed by atoms with Gasteiger partial charge >= 0.3 is 0 Å². The lowest BCUT2D eigenvalue weighted by molar-refractivity contribution is 0.623. The predicted octanol–water partition coefficient (Wildman–Crippen LogP) is 3.03. The van der Waals surface area contributed by atoms with Gasteiger partial charge in [-0.2, -0.15) is 5.26 Å². The van der Waals surface area contributed by atoms with Crippen LogP contribution in [0.3, 0.4) is 0 Å². The van der Waals surface area contributed by atoms with Crippen molar-refractivity contribution in [1.29, 1.82) is 5.26 Å². The molecule has 0 aliphatic rings. The van der Waals surface area contributed by atoms with Crippen molar-refractivity contribution in [2.75, 3.05) is 5.33 Å². The first-order valence-corrected chi connectivity index (χ1v) is 5.60. The first-order valence-electron chi connectivity index (χ1n) is 4.48. The molecule has 0 heterocycles. The molecule has 0 fully saturated rings. The van der Waals surface area contributed by atoms with E-state index in [-0.39, 0.29) is 12.2 Å². The second kappa shape index (κ2) is 6.22. The molecular formula is C12H9BrFN. The van der Waals surface area contributed by atoms with E-state index in [1.54, 1.807) is 12.1 Å². The highest BCUT2D eigenvalue weighted by molar-refractivity contribution is 9.09. The van der Waals surface area contributed by atoms with Crippen LogP contribution >= 0.6 is 15.9 Å². The van der Waals surface area contributed by atoms with Gasteiger partial charge in [0.15, 0.2) is 0 Å². The molecule has 0 spiro atoms. The highest BCUT2D eigenvalue weighted by atomic mass is 79.9. The van der Waals surface area contributed by atoms with Gasteiger partial charge in [-0.25, -0.2) is 4.39 Å². The minimum Gasteiger partial charge on any atom is -0.206 e. The van der Waals surface area contributed by atoms with E-state index in [9.17, 15) is 4.39 Å². The molecule has 0 saturated heterocycles. The highest BCUT2D eigenvalue weighted by Gasteiger charge is 2.00. The summed E-state index contributed by atoms with van der Waals surface area (Å²) in [6.45, 7) is 0. The minimum absolute atomic E-state index is 0.285. The molecule has 0 aromatic heterocycles. The Hall–Kier alpha value is -1.32. The summed E-state index contributed by atoms with van der Waals surface area (Å²) in [5.74, 6) is 5.26. The average molecular weight is 266 g/mol. The minimum atomic E-state index is -0.334. The molecule has 0 amide bonds. The van der Waals surface area contributed by atoms with Crippen LogP contribution in [0.15, 0.2) is 18.2 Å². The van der Waals surface area contributed by atoms with E-state index in [2.05, 4.69) is 27.8 Å². The maximum absolute atomic E-state index is 13.2. The Kier molecular flexibility index (Phi) is 4.87. The van der Waals surface area contributed by atoms with E-state index in [0.717, 1.165) is 10.9 Å². The summed E-state index contributed by atoms with van der Waals surface area (Å²) < 4.78 is 13.2. The standard InChI is InChI=1S/C12H9BrFN/c13-7-2-1-3-11-9-10(6-8-15)4-5-12(11)14/h4-5,9H,2,6-7H2. The number of alkyl halides is 1. The summed E-state index contributed by atoms with van der Waals surface area (Å²) in [5, 5.41) is 9.29. The van der Waals surface area contributed by atoms with Gasteiger partial charge < -0.3 is 0 Å². The van der Waals surface area contributed by atoms with Gasteiger partial charge in [0.05, 0.1) is 18.1 Å². The molecule has 0 unspecified atom stereocenters. The Morgan fingerprint density at radius 3 is 2.87 bits per heavy atom. The van der Waals surface area contributed by atoms with Crippen LogP contribution in [0, 0.1) is 29.0 Å². The lowest BCUT2D eigenvalue weighted by atomic mass is 10.1. The quantitative estimate of drug-likeness (QED) is 0.596. The van der Waals surface area contributed by atoms with Gasteiger partial charge in [0.25, 0.3) is 0 Å². The van der Waals surface area contributed by atoms with E-state index in [1.165, 1.54) is 6.07 Å². The van der Waals surface area contributed by atoms with Crippen LogP contribution in [-0.2, 0) is 6.42 Å². The highest BCUT2D eigenvalue weighted by Crippen LogP contribution is 2.09. The Labute approximate surface area is 97.0 Å². The molecule has 1 aromatic rings. The van der Waals surface area contributed by atoms with E-state index in [0.29, 0.717) is 12.0 Å². The Morgan fingerprint density at radius 1 is 1.40 bits per heavy atom. The average Bonchev–Trinajstić information content (AvgIpc) is 2.23. The van der Waals surface area contributed by atoms with Crippen molar-refractivity contribution >= 4 is 15.9 Å². The summed E-state index contributed by atoms with van der Waals surface area (Å²) in [7, 11) is 0. The van der Waals surface area contributed by atoms with E-state index in [1.807, 2.05) is 6.07 Å². The SMILES string of the molecule is N#CCc1ccc(F)c(C#CCCBr)c1. The van der Waals surface area contributed by atoms with E-state index < -0.39 is 0 Å². The second-order valence-electron chi connectivity index (χ2n) is 2.89. The van der Waals surface area contributed by atoms with Gasteiger partial charge in [-0.1, -0.05) is 33.8 Å². The van der Waals surface area contributed by atoms with Gasteiger partial charge in [0.1, 0.15) is 5.82 Å². The molecule has 3 heteroatoms. The fourth-order valence-corrected chi connectivity index (χ4v) is 1.27. The van der Waals surface area contributed by atoms with Gasteiger partial charge in [0.2, 0.25) is 0 Å². The van der Waals surface area contributed by atoms with Crippen molar-refractivity contribution in [3.8, 4) is 17.9 Å². The van der Waals surface area contributed by atoms with Gasteiger partial charge in [-0.3, -0.25) is 0 Å². The zero-order valence-electron chi connectivity index (χ0n) is 8.06. The van der Waals surface area contributed by atoms with Crippen LogP contribution in [0.5, 0.6) is 0 Å². The fraction of sp³-hybridized carbons (Fsp3) is 0.250. The molecule has 0 atom stereocenters. The summed E-state index contributed by atoms with van der Waals surface area (Å²) in [5.41, 5.74) is 1.16. The summed E-state index contributed by atoms with van der Waals surface area (Å²) in [4.78, 5) is 0. The van der Waals surface area contributed by atoms with Crippen LogP contribution in [0.4, 0.5) is 4.39 Å². The van der Waals surface area contributed by atoms with Gasteiger partial charge in [0, 0.05) is 11.8 Å². The number of rotatable bonds is 2. The fourth-order valence-electron chi connectivity index (χ4n) is 1.07. The zero-order chi connectivity index (χ0) is 11.1. The van der Waals surface area contributed by atoms with Crippen molar-refractivity contribution < 1.29 is 4.39 Å². The van der Waals surface area contributed by atoms with Crippen LogP contribution in [0.2, 0.25) is 0 Å². The molecule has 0 radical (unpaired) electrons. The largest absolute Gasteiger partial charge is 0.206 e. The third-order valence-corrected chi connectivity index (χ3v) is 2.15. The number of hydrogen-bond acceptors (Lipinski definition) is 1. The normalized spacial score (nSPS) is 8.87.